The molecule has 10 heteroatoms. The third-order valence-electron chi connectivity index (χ3n) is 8.66. The van der Waals surface area contributed by atoms with Gasteiger partial charge < -0.3 is 28.4 Å². The van der Waals surface area contributed by atoms with E-state index in [9.17, 15) is 4.79 Å². The van der Waals surface area contributed by atoms with E-state index in [1.165, 1.54) is 0 Å². The van der Waals surface area contributed by atoms with Gasteiger partial charge in [0.05, 0.1) is 40.6 Å². The predicted molar refractivity (Wildman–Crippen MR) is 179 cm³/mol. The molecule has 0 N–H and O–H groups in total. The highest BCUT2D eigenvalue weighted by atomic mass is 16.5. The van der Waals surface area contributed by atoms with Crippen LogP contribution in [0.4, 0.5) is 0 Å². The van der Waals surface area contributed by atoms with Gasteiger partial charge in [0.1, 0.15) is 13.2 Å². The first-order chi connectivity index (χ1) is 22.4. The third kappa shape index (κ3) is 9.33. The highest BCUT2D eigenvalue weighted by Gasteiger charge is 2.28. The highest BCUT2D eigenvalue weighted by molar-refractivity contribution is 6.14. The van der Waals surface area contributed by atoms with Crippen LogP contribution in [0, 0.1) is 0 Å². The second-order valence-corrected chi connectivity index (χ2v) is 12.1. The maximum atomic E-state index is 13.8. The van der Waals surface area contributed by atoms with Gasteiger partial charge in [-0.1, -0.05) is 12.1 Å². The normalized spacial score (nSPS) is 20.4. The molecule has 0 saturated carbocycles. The van der Waals surface area contributed by atoms with E-state index in [2.05, 4.69) is 28.5 Å². The molecule has 0 amide bonds. The fourth-order valence-corrected chi connectivity index (χ4v) is 5.84. The van der Waals surface area contributed by atoms with E-state index in [4.69, 9.17) is 28.4 Å². The van der Waals surface area contributed by atoms with E-state index in [1.54, 1.807) is 14.2 Å². The van der Waals surface area contributed by atoms with Crippen molar-refractivity contribution in [1.82, 2.24) is 14.7 Å². The van der Waals surface area contributed by atoms with E-state index in [1.807, 2.05) is 48.6 Å². The maximum Gasteiger partial charge on any atom is 0.187 e. The molecular weight excluding hydrogens is 586 g/mol. The van der Waals surface area contributed by atoms with Crippen LogP contribution in [0.15, 0.2) is 47.5 Å². The molecular formula is C36H49N3O7. The number of benzene rings is 2. The van der Waals surface area contributed by atoms with E-state index < -0.39 is 0 Å². The summed E-state index contributed by atoms with van der Waals surface area (Å²) in [5.74, 6) is 2.73. The van der Waals surface area contributed by atoms with Crippen LogP contribution in [0.2, 0.25) is 0 Å². The molecule has 250 valence electrons. The van der Waals surface area contributed by atoms with Crippen LogP contribution in [-0.2, 0) is 14.3 Å². The smallest absolute Gasteiger partial charge is 0.187 e. The van der Waals surface area contributed by atoms with Crippen molar-refractivity contribution < 1.29 is 33.2 Å². The molecule has 3 heterocycles. The third-order valence-corrected chi connectivity index (χ3v) is 8.66. The zero-order valence-corrected chi connectivity index (χ0v) is 27.8. The number of carbonyl (C=O) groups is 1. The van der Waals surface area contributed by atoms with Gasteiger partial charge in [-0.25, -0.2) is 0 Å². The zero-order valence-electron chi connectivity index (χ0n) is 27.8. The average Bonchev–Trinajstić information content (AvgIpc) is 3.08. The van der Waals surface area contributed by atoms with Gasteiger partial charge in [-0.05, 0) is 61.4 Å². The Kier molecular flexibility index (Phi) is 12.5. The highest BCUT2D eigenvalue weighted by Crippen LogP contribution is 2.32. The quantitative estimate of drug-likeness (QED) is 0.303. The second-order valence-electron chi connectivity index (χ2n) is 12.1. The van der Waals surface area contributed by atoms with Crippen LogP contribution in [0.3, 0.4) is 0 Å². The first kappa shape index (κ1) is 33.9. The zero-order chi connectivity index (χ0) is 32.3. The molecule has 10 nitrogen and oxygen atoms in total. The molecule has 0 radical (unpaired) electrons. The van der Waals surface area contributed by atoms with Crippen molar-refractivity contribution in [1.29, 1.82) is 0 Å². The van der Waals surface area contributed by atoms with E-state index in [0.29, 0.717) is 49.3 Å². The summed E-state index contributed by atoms with van der Waals surface area (Å²) in [6.07, 6.45) is 3.94. The van der Waals surface area contributed by atoms with Gasteiger partial charge in [0.15, 0.2) is 28.8 Å². The van der Waals surface area contributed by atoms with Gasteiger partial charge >= 0.3 is 0 Å². The number of likely N-dealkylation sites (tertiary alicyclic amines) is 1. The molecule has 3 saturated heterocycles. The van der Waals surface area contributed by atoms with Crippen molar-refractivity contribution in [3.8, 4) is 23.0 Å². The minimum Gasteiger partial charge on any atom is -0.493 e. The van der Waals surface area contributed by atoms with E-state index in [0.717, 1.165) is 88.0 Å². The Labute approximate surface area is 273 Å². The molecule has 0 aliphatic carbocycles. The number of morpholine rings is 2. The summed E-state index contributed by atoms with van der Waals surface area (Å²) >= 11 is 0. The molecule has 2 aromatic rings. The number of nitrogens with zero attached hydrogens (tertiary/aromatic N) is 3. The maximum absolute atomic E-state index is 13.8. The van der Waals surface area contributed by atoms with Crippen molar-refractivity contribution in [2.45, 2.75) is 19.9 Å². The number of carbonyl (C=O) groups excluding carboxylic acids is 1. The van der Waals surface area contributed by atoms with Crippen LogP contribution >= 0.6 is 0 Å². The van der Waals surface area contributed by atoms with Gasteiger partial charge in [-0.15, -0.1) is 0 Å². The van der Waals surface area contributed by atoms with E-state index >= 15 is 0 Å². The van der Waals surface area contributed by atoms with Crippen LogP contribution in [0.1, 0.15) is 25.0 Å². The van der Waals surface area contributed by atoms with Crippen LogP contribution in [0.25, 0.3) is 12.2 Å². The van der Waals surface area contributed by atoms with E-state index in [-0.39, 0.29) is 11.8 Å². The largest absolute Gasteiger partial charge is 0.493 e. The summed E-state index contributed by atoms with van der Waals surface area (Å²) in [5.41, 5.74) is 3.27. The Hall–Kier alpha value is -3.41. The van der Waals surface area contributed by atoms with Gasteiger partial charge in [-0.2, -0.15) is 0 Å². The van der Waals surface area contributed by atoms with Crippen LogP contribution < -0.4 is 18.9 Å². The van der Waals surface area contributed by atoms with Crippen LogP contribution in [-0.4, -0.2) is 133 Å². The molecule has 2 aromatic carbocycles. The minimum atomic E-state index is 0.0477. The number of piperidine rings is 1. The SMILES string of the molecule is COc1cc(/C=C2\CN(C(C)C)C/C(=C\c3ccc(OCCN4CCOCC4)c(OC)c3)C2=O)ccc1OCCN1CCOCC1. The molecule has 3 aliphatic rings. The minimum absolute atomic E-state index is 0.0477. The molecule has 46 heavy (non-hydrogen) atoms. The molecule has 0 aromatic heterocycles. The average molecular weight is 636 g/mol. The fourth-order valence-electron chi connectivity index (χ4n) is 5.84. The van der Waals surface area contributed by atoms with Gasteiger partial charge in [-0.3, -0.25) is 19.5 Å². The van der Waals surface area contributed by atoms with Crippen molar-refractivity contribution in [3.05, 3.63) is 58.7 Å². The lowest BCUT2D eigenvalue weighted by Crippen LogP contribution is -2.41. The Morgan fingerprint density at radius 3 is 1.52 bits per heavy atom. The summed E-state index contributed by atoms with van der Waals surface area (Å²) in [6, 6.07) is 11.9. The molecule has 0 atom stereocenters. The van der Waals surface area contributed by atoms with Crippen molar-refractivity contribution in [2.24, 2.45) is 0 Å². The monoisotopic (exact) mass is 635 g/mol. The summed E-state index contributed by atoms with van der Waals surface area (Å²) in [4.78, 5) is 20.8. The number of hydrogen-bond donors (Lipinski definition) is 0. The molecule has 3 fully saturated rings. The Bertz CT molecular complexity index is 1270. The first-order valence-corrected chi connectivity index (χ1v) is 16.3. The number of ether oxygens (including phenoxy) is 6. The summed E-state index contributed by atoms with van der Waals surface area (Å²) in [7, 11) is 3.28. The second kappa shape index (κ2) is 16.9. The summed E-state index contributed by atoms with van der Waals surface area (Å²) < 4.78 is 34.3. The molecule has 0 bridgehead atoms. The summed E-state index contributed by atoms with van der Waals surface area (Å²) in [5, 5.41) is 0. The van der Waals surface area contributed by atoms with Gasteiger partial charge in [0.2, 0.25) is 0 Å². The lowest BCUT2D eigenvalue weighted by Gasteiger charge is -2.32. The Morgan fingerprint density at radius 1 is 0.696 bits per heavy atom. The number of methoxy groups -OCH3 is 2. The topological polar surface area (TPSA) is 82.2 Å². The van der Waals surface area contributed by atoms with Crippen molar-refractivity contribution in [3.63, 3.8) is 0 Å². The number of rotatable bonds is 13. The standard InChI is InChI=1S/C36H49N3O7/c1-27(2)39-25-30(21-28-5-7-32(34(23-28)41-3)45-19-13-37-9-15-43-16-10-37)36(40)31(26-39)22-29-6-8-33(35(24-29)42-4)46-20-14-38-11-17-44-18-12-38/h5-8,21-24,27H,9-20,25-26H2,1-4H3/b30-21+,31-22+. The molecule has 0 unspecified atom stereocenters. The van der Waals surface area contributed by atoms with Crippen molar-refractivity contribution >= 4 is 17.9 Å². The number of hydrogen-bond acceptors (Lipinski definition) is 10. The lowest BCUT2D eigenvalue weighted by molar-refractivity contribution is -0.113. The summed E-state index contributed by atoms with van der Waals surface area (Å²) in [6.45, 7) is 15.0. The van der Waals surface area contributed by atoms with Crippen LogP contribution in [0.5, 0.6) is 23.0 Å². The predicted octanol–water partition coefficient (Wildman–Crippen LogP) is 3.89. The van der Waals surface area contributed by atoms with Gasteiger partial charge in [0.25, 0.3) is 0 Å². The first-order valence-electron chi connectivity index (χ1n) is 16.3. The Balaban J connectivity index is 1.28. The number of Topliss-reactive ketones (excluding diaryl/α,β-unsaturated/α-hetero) is 1. The Morgan fingerprint density at radius 2 is 1.13 bits per heavy atom. The molecule has 0 spiro atoms. The fraction of sp³-hybridized carbons (Fsp3) is 0.528. The number of ketones is 1. The lowest BCUT2D eigenvalue weighted by atomic mass is 9.93. The van der Waals surface area contributed by atoms with Gasteiger partial charge in [0, 0.05) is 69.5 Å². The molecule has 5 rings (SSSR count). The molecule has 3 aliphatic heterocycles. The van der Waals surface area contributed by atoms with Crippen molar-refractivity contribution in [2.75, 3.05) is 106 Å².